The minimum Gasteiger partial charge on any atom is -0.455 e. The highest BCUT2D eigenvalue weighted by atomic mass is 32.1. The monoisotopic (exact) mass is 312 g/mol. The lowest BCUT2D eigenvalue weighted by Crippen LogP contribution is -2.30. The van der Waals surface area contributed by atoms with E-state index >= 15 is 0 Å². The van der Waals surface area contributed by atoms with Gasteiger partial charge >= 0.3 is 11.9 Å². The van der Waals surface area contributed by atoms with E-state index in [1.807, 2.05) is 0 Å². The third-order valence-corrected chi connectivity index (χ3v) is 4.02. The predicted molar refractivity (Wildman–Crippen MR) is 74.0 cm³/mol. The first kappa shape index (κ1) is 14.6. The summed E-state index contributed by atoms with van der Waals surface area (Å²) in [6, 6.07) is 0. The standard InChI is InChI=1S/C12H12N2O4S2/c1-7(17-11(15)9-3-13-5-19-9)8(2)18-12(16)10-4-14-6-20-10/h3-8H,1-2H3/t7-,8-/m1/s1. The molecule has 0 amide bonds. The van der Waals surface area contributed by atoms with Gasteiger partial charge in [-0.1, -0.05) is 0 Å². The molecule has 0 aliphatic rings. The van der Waals surface area contributed by atoms with Gasteiger partial charge in [0.05, 0.1) is 23.4 Å². The molecular formula is C12H12N2O4S2. The van der Waals surface area contributed by atoms with E-state index in [9.17, 15) is 9.59 Å². The normalized spacial score (nSPS) is 13.5. The molecule has 0 unspecified atom stereocenters. The van der Waals surface area contributed by atoms with Crippen molar-refractivity contribution in [1.29, 1.82) is 0 Å². The van der Waals surface area contributed by atoms with E-state index in [1.165, 1.54) is 35.1 Å². The smallest absolute Gasteiger partial charge is 0.350 e. The van der Waals surface area contributed by atoms with Crippen molar-refractivity contribution in [2.24, 2.45) is 0 Å². The number of rotatable bonds is 5. The molecule has 0 aromatic carbocycles. The number of hydrogen-bond donors (Lipinski definition) is 0. The van der Waals surface area contributed by atoms with Gasteiger partial charge in [0, 0.05) is 0 Å². The molecular weight excluding hydrogens is 300 g/mol. The van der Waals surface area contributed by atoms with Crippen LogP contribution in [0.3, 0.4) is 0 Å². The molecule has 2 atom stereocenters. The van der Waals surface area contributed by atoms with Crippen molar-refractivity contribution in [2.75, 3.05) is 0 Å². The average Bonchev–Trinajstić information content (AvgIpc) is 3.11. The molecule has 0 aliphatic heterocycles. The predicted octanol–water partition coefficient (Wildman–Crippen LogP) is 2.39. The second kappa shape index (κ2) is 6.58. The Morgan fingerprint density at radius 1 is 0.950 bits per heavy atom. The maximum atomic E-state index is 11.7. The molecule has 20 heavy (non-hydrogen) atoms. The summed E-state index contributed by atoms with van der Waals surface area (Å²) in [6.45, 7) is 3.34. The van der Waals surface area contributed by atoms with Crippen LogP contribution in [-0.4, -0.2) is 34.1 Å². The van der Waals surface area contributed by atoms with Crippen LogP contribution in [-0.2, 0) is 9.47 Å². The first-order chi connectivity index (χ1) is 9.58. The SMILES string of the molecule is C[C@@H](OC(=O)c1cncs1)[C@@H](C)OC(=O)c1cncs1. The highest BCUT2D eigenvalue weighted by Gasteiger charge is 2.23. The van der Waals surface area contributed by atoms with E-state index in [1.54, 1.807) is 24.9 Å². The van der Waals surface area contributed by atoms with Gasteiger partial charge < -0.3 is 9.47 Å². The van der Waals surface area contributed by atoms with Gasteiger partial charge in [-0.3, -0.25) is 9.97 Å². The Morgan fingerprint density at radius 3 is 1.65 bits per heavy atom. The number of aromatic nitrogens is 2. The van der Waals surface area contributed by atoms with Crippen molar-refractivity contribution in [1.82, 2.24) is 9.97 Å². The van der Waals surface area contributed by atoms with E-state index in [4.69, 9.17) is 9.47 Å². The maximum Gasteiger partial charge on any atom is 0.350 e. The molecule has 0 spiro atoms. The van der Waals surface area contributed by atoms with Gasteiger partial charge in [-0.05, 0) is 13.8 Å². The number of thiazole rings is 2. The molecule has 6 nitrogen and oxygen atoms in total. The number of carbonyl (C=O) groups excluding carboxylic acids is 2. The van der Waals surface area contributed by atoms with Crippen molar-refractivity contribution in [3.8, 4) is 0 Å². The summed E-state index contributed by atoms with van der Waals surface area (Å²) < 4.78 is 10.4. The summed E-state index contributed by atoms with van der Waals surface area (Å²) in [5.74, 6) is -0.943. The average molecular weight is 312 g/mol. The fraction of sp³-hybridized carbons (Fsp3) is 0.333. The van der Waals surface area contributed by atoms with Gasteiger partial charge in [0.1, 0.15) is 22.0 Å². The number of hydrogen-bond acceptors (Lipinski definition) is 8. The van der Waals surface area contributed by atoms with E-state index in [-0.39, 0.29) is 0 Å². The molecule has 0 fully saturated rings. The number of ether oxygens (including phenoxy) is 2. The highest BCUT2D eigenvalue weighted by Crippen LogP contribution is 2.14. The molecule has 2 heterocycles. The molecule has 2 aromatic rings. The minimum absolute atomic E-state index is 0.415. The van der Waals surface area contributed by atoms with Gasteiger partial charge in [0.25, 0.3) is 0 Å². The van der Waals surface area contributed by atoms with Crippen molar-refractivity contribution in [2.45, 2.75) is 26.1 Å². The van der Waals surface area contributed by atoms with Crippen LogP contribution < -0.4 is 0 Å². The van der Waals surface area contributed by atoms with Crippen molar-refractivity contribution in [3.63, 3.8) is 0 Å². The van der Waals surface area contributed by atoms with Crippen LogP contribution >= 0.6 is 22.7 Å². The fourth-order valence-corrected chi connectivity index (χ4v) is 2.28. The van der Waals surface area contributed by atoms with Crippen LogP contribution in [0.4, 0.5) is 0 Å². The van der Waals surface area contributed by atoms with Gasteiger partial charge in [0.15, 0.2) is 0 Å². The summed E-state index contributed by atoms with van der Waals surface area (Å²) in [4.78, 5) is 31.9. The summed E-state index contributed by atoms with van der Waals surface area (Å²) in [5.41, 5.74) is 3.10. The molecule has 106 valence electrons. The Kier molecular flexibility index (Phi) is 4.80. The first-order valence-corrected chi connectivity index (χ1v) is 7.53. The molecule has 2 aromatic heterocycles. The van der Waals surface area contributed by atoms with Crippen LogP contribution in [0.25, 0.3) is 0 Å². The van der Waals surface area contributed by atoms with Crippen LogP contribution in [0.1, 0.15) is 33.2 Å². The Balaban J connectivity index is 1.87. The summed E-state index contributed by atoms with van der Waals surface area (Å²) in [6.07, 6.45) is 1.77. The van der Waals surface area contributed by atoms with E-state index in [0.717, 1.165) is 0 Å². The molecule has 2 rings (SSSR count). The van der Waals surface area contributed by atoms with Crippen LogP contribution in [0.5, 0.6) is 0 Å². The van der Waals surface area contributed by atoms with Crippen LogP contribution in [0.2, 0.25) is 0 Å². The van der Waals surface area contributed by atoms with Gasteiger partial charge in [0.2, 0.25) is 0 Å². The molecule has 0 bridgehead atoms. The highest BCUT2D eigenvalue weighted by molar-refractivity contribution is 7.11. The Hall–Kier alpha value is -1.80. The van der Waals surface area contributed by atoms with Gasteiger partial charge in [-0.2, -0.15) is 0 Å². The second-order valence-electron chi connectivity index (χ2n) is 3.95. The maximum absolute atomic E-state index is 11.7. The van der Waals surface area contributed by atoms with E-state index < -0.39 is 24.1 Å². The Bertz CT molecular complexity index is 516. The van der Waals surface area contributed by atoms with E-state index in [0.29, 0.717) is 9.75 Å². The zero-order valence-corrected chi connectivity index (χ0v) is 12.4. The van der Waals surface area contributed by atoms with Crippen molar-refractivity contribution < 1.29 is 19.1 Å². The first-order valence-electron chi connectivity index (χ1n) is 5.77. The van der Waals surface area contributed by atoms with Crippen molar-refractivity contribution >= 4 is 34.6 Å². The van der Waals surface area contributed by atoms with Crippen molar-refractivity contribution in [3.05, 3.63) is 33.2 Å². The summed E-state index contributed by atoms with van der Waals surface area (Å²) in [7, 11) is 0. The molecule has 0 saturated heterocycles. The number of carbonyl (C=O) groups is 2. The summed E-state index contributed by atoms with van der Waals surface area (Å²) in [5, 5.41) is 0. The minimum atomic E-state index is -0.554. The zero-order chi connectivity index (χ0) is 14.5. The molecule has 0 aliphatic carbocycles. The number of esters is 2. The lowest BCUT2D eigenvalue weighted by atomic mass is 10.2. The van der Waals surface area contributed by atoms with Gasteiger partial charge in [-0.25, -0.2) is 9.59 Å². The molecule has 0 radical (unpaired) electrons. The number of nitrogens with zero attached hydrogens (tertiary/aromatic N) is 2. The van der Waals surface area contributed by atoms with Crippen LogP contribution in [0.15, 0.2) is 23.4 Å². The molecule has 8 heteroatoms. The topological polar surface area (TPSA) is 78.4 Å². The fourth-order valence-electron chi connectivity index (χ4n) is 1.28. The molecule has 0 N–H and O–H groups in total. The second-order valence-corrected chi connectivity index (χ2v) is 5.72. The molecule has 0 saturated carbocycles. The summed E-state index contributed by atoms with van der Waals surface area (Å²) >= 11 is 2.39. The van der Waals surface area contributed by atoms with Crippen LogP contribution in [0, 0.1) is 0 Å². The van der Waals surface area contributed by atoms with E-state index in [2.05, 4.69) is 9.97 Å². The largest absolute Gasteiger partial charge is 0.455 e. The quantitative estimate of drug-likeness (QED) is 0.789. The van der Waals surface area contributed by atoms with Gasteiger partial charge in [-0.15, -0.1) is 22.7 Å². The third-order valence-electron chi connectivity index (χ3n) is 2.51. The lowest BCUT2D eigenvalue weighted by Gasteiger charge is -2.20. The Morgan fingerprint density at radius 2 is 1.35 bits per heavy atom. The zero-order valence-electron chi connectivity index (χ0n) is 10.8. The third kappa shape index (κ3) is 3.61. The lowest BCUT2D eigenvalue weighted by molar-refractivity contribution is -0.0234. The Labute approximate surface area is 123 Å².